The Morgan fingerprint density at radius 2 is 1.90 bits per heavy atom. The van der Waals surface area contributed by atoms with E-state index in [1.54, 1.807) is 18.9 Å². The maximum absolute atomic E-state index is 11.9. The van der Waals surface area contributed by atoms with Crippen LogP contribution in [0.25, 0.3) is 0 Å². The lowest BCUT2D eigenvalue weighted by molar-refractivity contribution is -0.141. The van der Waals surface area contributed by atoms with E-state index >= 15 is 0 Å². The lowest BCUT2D eigenvalue weighted by atomic mass is 10.1. The molecule has 0 heterocycles. The minimum atomic E-state index is -0.881. The maximum Gasteiger partial charge on any atom is 0.317 e. The Balaban J connectivity index is 2.46. The topological polar surface area (TPSA) is 69.6 Å². The van der Waals surface area contributed by atoms with E-state index in [9.17, 15) is 9.59 Å². The molecule has 1 rings (SSSR count). The van der Waals surface area contributed by atoms with E-state index in [-0.39, 0.29) is 12.6 Å². The number of nitrogens with one attached hydrogen (secondary N) is 1. The third kappa shape index (κ3) is 4.91. The molecular formula is C15H22N2O3. The Bertz CT molecular complexity index is 457. The monoisotopic (exact) mass is 278 g/mol. The van der Waals surface area contributed by atoms with Gasteiger partial charge in [-0.05, 0) is 18.9 Å². The fraction of sp³-hybridized carbons (Fsp3) is 0.467. The molecule has 1 aromatic carbocycles. The van der Waals surface area contributed by atoms with E-state index in [4.69, 9.17) is 5.11 Å². The zero-order chi connectivity index (χ0) is 15.1. The highest BCUT2D eigenvalue weighted by Crippen LogP contribution is 2.06. The molecule has 0 aliphatic rings. The summed E-state index contributed by atoms with van der Waals surface area (Å²) in [7, 11) is 1.69. The highest BCUT2D eigenvalue weighted by Gasteiger charge is 2.17. The first-order valence-electron chi connectivity index (χ1n) is 6.71. The summed E-state index contributed by atoms with van der Waals surface area (Å²) in [6.07, 6.45) is 0.497. The van der Waals surface area contributed by atoms with Gasteiger partial charge in [-0.2, -0.15) is 0 Å². The second kappa shape index (κ2) is 7.53. The number of aryl methyl sites for hydroxylation is 1. The first-order valence-corrected chi connectivity index (χ1v) is 6.71. The van der Waals surface area contributed by atoms with Crippen LogP contribution in [0.1, 0.15) is 24.5 Å². The highest BCUT2D eigenvalue weighted by molar-refractivity contribution is 5.75. The third-order valence-corrected chi connectivity index (χ3v) is 3.23. The van der Waals surface area contributed by atoms with Crippen LogP contribution in [-0.2, 0) is 11.3 Å². The van der Waals surface area contributed by atoms with Crippen LogP contribution >= 0.6 is 0 Å². The number of hydrogen-bond donors (Lipinski definition) is 2. The zero-order valence-electron chi connectivity index (χ0n) is 12.2. The van der Waals surface area contributed by atoms with Crippen molar-refractivity contribution >= 4 is 12.0 Å². The smallest absolute Gasteiger partial charge is 0.317 e. The van der Waals surface area contributed by atoms with Crippen molar-refractivity contribution in [2.45, 2.75) is 26.8 Å². The molecule has 2 amide bonds. The number of carbonyl (C=O) groups is 2. The molecule has 0 bridgehead atoms. The van der Waals surface area contributed by atoms with Gasteiger partial charge in [-0.1, -0.05) is 36.8 Å². The summed E-state index contributed by atoms with van der Waals surface area (Å²) >= 11 is 0. The summed E-state index contributed by atoms with van der Waals surface area (Å²) < 4.78 is 0. The normalized spacial score (nSPS) is 11.8. The van der Waals surface area contributed by atoms with Crippen molar-refractivity contribution in [3.8, 4) is 0 Å². The van der Waals surface area contributed by atoms with Gasteiger partial charge < -0.3 is 15.3 Å². The first kappa shape index (κ1) is 16.0. The Kier molecular flexibility index (Phi) is 6.03. The minimum absolute atomic E-state index is 0.156. The Labute approximate surface area is 119 Å². The van der Waals surface area contributed by atoms with Gasteiger partial charge in [0.1, 0.15) is 0 Å². The Morgan fingerprint density at radius 1 is 1.30 bits per heavy atom. The van der Waals surface area contributed by atoms with Crippen molar-refractivity contribution in [1.82, 2.24) is 10.2 Å². The number of rotatable bonds is 6. The van der Waals surface area contributed by atoms with Gasteiger partial charge >= 0.3 is 12.0 Å². The summed E-state index contributed by atoms with van der Waals surface area (Å²) in [5.74, 6) is -1.42. The van der Waals surface area contributed by atoms with Crippen LogP contribution in [0.5, 0.6) is 0 Å². The lowest BCUT2D eigenvalue weighted by Gasteiger charge is -2.19. The van der Waals surface area contributed by atoms with E-state index in [0.717, 1.165) is 5.56 Å². The molecule has 0 aliphatic heterocycles. The first-order chi connectivity index (χ1) is 9.43. The van der Waals surface area contributed by atoms with E-state index in [0.29, 0.717) is 13.0 Å². The fourth-order valence-electron chi connectivity index (χ4n) is 1.79. The van der Waals surface area contributed by atoms with E-state index < -0.39 is 11.9 Å². The fourth-order valence-corrected chi connectivity index (χ4v) is 1.79. The molecular weight excluding hydrogens is 256 g/mol. The van der Waals surface area contributed by atoms with Crippen LogP contribution in [0.2, 0.25) is 0 Å². The van der Waals surface area contributed by atoms with E-state index in [1.165, 1.54) is 5.56 Å². The van der Waals surface area contributed by atoms with Gasteiger partial charge in [-0.25, -0.2) is 4.79 Å². The summed E-state index contributed by atoms with van der Waals surface area (Å²) in [5.41, 5.74) is 2.21. The largest absolute Gasteiger partial charge is 0.481 e. The molecule has 20 heavy (non-hydrogen) atoms. The standard InChI is InChI=1S/C15H22N2O3/c1-4-13(14(18)19)9-16-15(20)17(3)10-12-7-5-11(2)6-8-12/h5-8,13H,4,9-10H2,1-3H3,(H,16,20)(H,18,19). The Morgan fingerprint density at radius 3 is 2.40 bits per heavy atom. The van der Waals surface area contributed by atoms with Crippen molar-refractivity contribution < 1.29 is 14.7 Å². The molecule has 5 heteroatoms. The number of nitrogens with zero attached hydrogens (tertiary/aromatic N) is 1. The Hall–Kier alpha value is -2.04. The number of hydrogen-bond acceptors (Lipinski definition) is 2. The van der Waals surface area contributed by atoms with Crippen molar-refractivity contribution in [1.29, 1.82) is 0 Å². The predicted octanol–water partition coefficient (Wildman–Crippen LogP) is 2.25. The predicted molar refractivity (Wildman–Crippen MR) is 77.5 cm³/mol. The minimum Gasteiger partial charge on any atom is -0.481 e. The number of amides is 2. The average Bonchev–Trinajstić information content (AvgIpc) is 2.41. The molecule has 0 spiro atoms. The van der Waals surface area contributed by atoms with Crippen LogP contribution in [0.15, 0.2) is 24.3 Å². The molecule has 0 aromatic heterocycles. The number of carbonyl (C=O) groups excluding carboxylic acids is 1. The van der Waals surface area contributed by atoms with Gasteiger partial charge in [0.15, 0.2) is 0 Å². The lowest BCUT2D eigenvalue weighted by Crippen LogP contribution is -2.40. The number of urea groups is 1. The summed E-state index contributed by atoms with van der Waals surface area (Å²) in [5, 5.41) is 11.6. The molecule has 0 fully saturated rings. The third-order valence-electron chi connectivity index (χ3n) is 3.23. The summed E-state index contributed by atoms with van der Waals surface area (Å²) in [6.45, 7) is 4.46. The quantitative estimate of drug-likeness (QED) is 0.838. The second-order valence-corrected chi connectivity index (χ2v) is 4.97. The van der Waals surface area contributed by atoms with Crippen molar-refractivity contribution in [3.05, 3.63) is 35.4 Å². The zero-order valence-corrected chi connectivity index (χ0v) is 12.2. The molecule has 1 aromatic rings. The summed E-state index contributed by atoms with van der Waals surface area (Å²) in [6, 6.07) is 7.69. The number of benzene rings is 1. The average molecular weight is 278 g/mol. The number of aliphatic carboxylic acids is 1. The van der Waals surface area contributed by atoms with E-state index in [1.807, 2.05) is 31.2 Å². The van der Waals surface area contributed by atoms with E-state index in [2.05, 4.69) is 5.32 Å². The molecule has 110 valence electrons. The van der Waals surface area contributed by atoms with Crippen molar-refractivity contribution in [2.24, 2.45) is 5.92 Å². The van der Waals surface area contributed by atoms with Gasteiger partial charge in [-0.15, -0.1) is 0 Å². The number of carboxylic acid groups (broad SMARTS) is 1. The van der Waals surface area contributed by atoms with Crippen molar-refractivity contribution in [2.75, 3.05) is 13.6 Å². The van der Waals surface area contributed by atoms with Crippen LogP contribution in [-0.4, -0.2) is 35.6 Å². The molecule has 2 N–H and O–H groups in total. The molecule has 5 nitrogen and oxygen atoms in total. The SMILES string of the molecule is CCC(CNC(=O)N(C)Cc1ccc(C)cc1)C(=O)O. The van der Waals surface area contributed by atoms with Gasteiger partial charge in [0, 0.05) is 20.1 Å². The number of carboxylic acids is 1. The van der Waals surface area contributed by atoms with Crippen LogP contribution in [0.3, 0.4) is 0 Å². The molecule has 1 atom stereocenters. The maximum atomic E-state index is 11.9. The summed E-state index contributed by atoms with van der Waals surface area (Å²) in [4.78, 5) is 24.3. The molecule has 0 radical (unpaired) electrons. The molecule has 0 saturated heterocycles. The van der Waals surface area contributed by atoms with Crippen LogP contribution in [0, 0.1) is 12.8 Å². The molecule has 0 saturated carbocycles. The van der Waals surface area contributed by atoms with Crippen LogP contribution in [0.4, 0.5) is 4.79 Å². The second-order valence-electron chi connectivity index (χ2n) is 4.97. The van der Waals surface area contributed by atoms with Gasteiger partial charge in [0.05, 0.1) is 5.92 Å². The van der Waals surface area contributed by atoms with Crippen molar-refractivity contribution in [3.63, 3.8) is 0 Å². The highest BCUT2D eigenvalue weighted by atomic mass is 16.4. The van der Waals surface area contributed by atoms with Gasteiger partial charge in [0.25, 0.3) is 0 Å². The molecule has 0 aliphatic carbocycles. The van der Waals surface area contributed by atoms with Gasteiger partial charge in [0.2, 0.25) is 0 Å². The van der Waals surface area contributed by atoms with Crippen LogP contribution < -0.4 is 5.32 Å². The van der Waals surface area contributed by atoms with Gasteiger partial charge in [-0.3, -0.25) is 4.79 Å². The molecule has 1 unspecified atom stereocenters.